The molecule has 0 unspecified atom stereocenters. The molecular formula is C15H11ClFN3O2. The molecule has 2 rings (SSSR count). The summed E-state index contributed by atoms with van der Waals surface area (Å²) in [5.41, 5.74) is 2.98. The summed E-state index contributed by atoms with van der Waals surface area (Å²) in [7, 11) is 0. The van der Waals surface area contributed by atoms with Crippen molar-refractivity contribution in [3.8, 4) is 0 Å². The highest BCUT2D eigenvalue weighted by molar-refractivity contribution is 6.39. The Morgan fingerprint density at radius 3 is 2.41 bits per heavy atom. The van der Waals surface area contributed by atoms with Gasteiger partial charge in [-0.15, -0.1) is 0 Å². The van der Waals surface area contributed by atoms with Crippen molar-refractivity contribution in [2.24, 2.45) is 5.10 Å². The van der Waals surface area contributed by atoms with Gasteiger partial charge in [0, 0.05) is 16.3 Å². The van der Waals surface area contributed by atoms with E-state index in [0.717, 1.165) is 0 Å². The van der Waals surface area contributed by atoms with Crippen LogP contribution in [0.4, 0.5) is 10.1 Å². The van der Waals surface area contributed by atoms with Gasteiger partial charge in [-0.2, -0.15) is 5.10 Å². The van der Waals surface area contributed by atoms with Gasteiger partial charge in [0.1, 0.15) is 5.82 Å². The van der Waals surface area contributed by atoms with Crippen molar-refractivity contribution < 1.29 is 14.0 Å². The van der Waals surface area contributed by atoms with Crippen LogP contribution in [0.3, 0.4) is 0 Å². The van der Waals surface area contributed by atoms with Crippen molar-refractivity contribution in [3.05, 3.63) is 64.9 Å². The molecule has 0 saturated heterocycles. The van der Waals surface area contributed by atoms with Crippen LogP contribution in [-0.4, -0.2) is 18.0 Å². The minimum Gasteiger partial charge on any atom is -0.318 e. The maximum atomic E-state index is 12.7. The molecular weight excluding hydrogens is 309 g/mol. The smallest absolute Gasteiger partial charge is 0.318 e. The number of anilines is 1. The Kier molecular flexibility index (Phi) is 5.21. The van der Waals surface area contributed by atoms with E-state index in [1.807, 2.05) is 0 Å². The van der Waals surface area contributed by atoms with E-state index in [4.69, 9.17) is 11.6 Å². The second-order valence-electron chi connectivity index (χ2n) is 4.18. The third kappa shape index (κ3) is 4.39. The average molecular weight is 320 g/mol. The zero-order valence-corrected chi connectivity index (χ0v) is 12.0. The number of carbonyl (C=O) groups is 2. The van der Waals surface area contributed by atoms with Gasteiger partial charge in [0.15, 0.2) is 0 Å². The van der Waals surface area contributed by atoms with Crippen molar-refractivity contribution in [2.75, 3.05) is 5.32 Å². The van der Waals surface area contributed by atoms with Crippen LogP contribution in [0.2, 0.25) is 5.02 Å². The van der Waals surface area contributed by atoms with E-state index in [0.29, 0.717) is 16.3 Å². The molecule has 0 aliphatic carbocycles. The van der Waals surface area contributed by atoms with Gasteiger partial charge < -0.3 is 5.32 Å². The van der Waals surface area contributed by atoms with Crippen molar-refractivity contribution in [1.82, 2.24) is 5.43 Å². The minimum absolute atomic E-state index is 0.302. The highest BCUT2D eigenvalue weighted by Gasteiger charge is 2.12. The number of nitrogens with zero attached hydrogens (tertiary/aromatic N) is 1. The zero-order valence-electron chi connectivity index (χ0n) is 11.2. The van der Waals surface area contributed by atoms with Crippen molar-refractivity contribution in [2.45, 2.75) is 0 Å². The summed E-state index contributed by atoms with van der Waals surface area (Å²) in [4.78, 5) is 23.1. The van der Waals surface area contributed by atoms with Gasteiger partial charge >= 0.3 is 11.8 Å². The number of hydrogen-bond donors (Lipinski definition) is 2. The molecule has 0 aliphatic rings. The van der Waals surface area contributed by atoms with Crippen LogP contribution in [0.5, 0.6) is 0 Å². The fourth-order valence-corrected chi connectivity index (χ4v) is 1.70. The first-order valence-corrected chi connectivity index (χ1v) is 6.58. The summed E-state index contributed by atoms with van der Waals surface area (Å²) >= 11 is 5.91. The first-order chi connectivity index (χ1) is 10.6. The number of halogens is 2. The quantitative estimate of drug-likeness (QED) is 0.518. The summed E-state index contributed by atoms with van der Waals surface area (Å²) in [6, 6.07) is 11.9. The number of carbonyl (C=O) groups excluding carboxylic acids is 2. The summed E-state index contributed by atoms with van der Waals surface area (Å²) < 4.78 is 12.7. The largest absolute Gasteiger partial charge is 0.329 e. The standard InChI is InChI=1S/C15H11ClFN3O2/c16-13-4-2-1-3-10(13)9-18-20-15(22)14(21)19-12-7-5-11(17)6-8-12/h1-9H,(H,19,21)(H,20,22)/b18-9+. The monoisotopic (exact) mass is 319 g/mol. The van der Waals surface area contributed by atoms with Crippen molar-refractivity contribution in [3.63, 3.8) is 0 Å². The average Bonchev–Trinajstić information content (AvgIpc) is 2.51. The number of nitrogens with one attached hydrogen (secondary N) is 2. The van der Waals surface area contributed by atoms with E-state index in [9.17, 15) is 14.0 Å². The summed E-state index contributed by atoms with van der Waals surface area (Å²) in [5, 5.41) is 6.43. The van der Waals surface area contributed by atoms with E-state index >= 15 is 0 Å². The highest BCUT2D eigenvalue weighted by atomic mass is 35.5. The fraction of sp³-hybridized carbons (Fsp3) is 0. The Morgan fingerprint density at radius 1 is 1.05 bits per heavy atom. The Bertz CT molecular complexity index is 717. The van der Waals surface area contributed by atoms with E-state index in [1.165, 1.54) is 30.5 Å². The SMILES string of the molecule is O=C(N/N=C/c1ccccc1Cl)C(=O)Nc1ccc(F)cc1. The molecule has 0 heterocycles. The number of hydrogen-bond acceptors (Lipinski definition) is 3. The normalized spacial score (nSPS) is 10.5. The molecule has 112 valence electrons. The van der Waals surface area contributed by atoms with Gasteiger partial charge in [-0.05, 0) is 30.3 Å². The van der Waals surface area contributed by atoms with Crippen LogP contribution >= 0.6 is 11.6 Å². The zero-order chi connectivity index (χ0) is 15.9. The molecule has 2 aromatic carbocycles. The van der Waals surface area contributed by atoms with E-state index < -0.39 is 17.6 Å². The van der Waals surface area contributed by atoms with E-state index in [2.05, 4.69) is 15.8 Å². The fourth-order valence-electron chi connectivity index (χ4n) is 1.51. The molecule has 7 heteroatoms. The molecule has 5 nitrogen and oxygen atoms in total. The molecule has 2 aromatic rings. The van der Waals surface area contributed by atoms with E-state index in [1.54, 1.807) is 24.3 Å². The molecule has 22 heavy (non-hydrogen) atoms. The Morgan fingerprint density at radius 2 is 1.73 bits per heavy atom. The van der Waals surface area contributed by atoms with Gasteiger partial charge in [0.2, 0.25) is 0 Å². The lowest BCUT2D eigenvalue weighted by Crippen LogP contribution is -2.32. The second kappa shape index (κ2) is 7.33. The third-order valence-electron chi connectivity index (χ3n) is 2.58. The van der Waals surface area contributed by atoms with Crippen LogP contribution in [-0.2, 0) is 9.59 Å². The molecule has 0 saturated carbocycles. The Labute approximate surface area is 130 Å². The molecule has 0 aromatic heterocycles. The topological polar surface area (TPSA) is 70.6 Å². The third-order valence-corrected chi connectivity index (χ3v) is 2.93. The van der Waals surface area contributed by atoms with Crippen LogP contribution in [0.1, 0.15) is 5.56 Å². The number of amides is 2. The van der Waals surface area contributed by atoms with Crippen LogP contribution in [0.15, 0.2) is 53.6 Å². The molecule has 0 bridgehead atoms. The number of hydrazone groups is 1. The van der Waals surface area contributed by atoms with Gasteiger partial charge in [0.25, 0.3) is 0 Å². The molecule has 2 N–H and O–H groups in total. The summed E-state index contributed by atoms with van der Waals surface area (Å²) in [6.45, 7) is 0. The molecule has 0 atom stereocenters. The second-order valence-corrected chi connectivity index (χ2v) is 4.59. The van der Waals surface area contributed by atoms with Crippen molar-refractivity contribution >= 4 is 35.3 Å². The van der Waals surface area contributed by atoms with Gasteiger partial charge in [0.05, 0.1) is 6.21 Å². The number of benzene rings is 2. The van der Waals surface area contributed by atoms with Crippen LogP contribution in [0, 0.1) is 5.82 Å². The lowest BCUT2D eigenvalue weighted by Gasteiger charge is -2.03. The maximum absolute atomic E-state index is 12.7. The Balaban J connectivity index is 1.90. The van der Waals surface area contributed by atoms with E-state index in [-0.39, 0.29) is 0 Å². The van der Waals surface area contributed by atoms with Crippen molar-refractivity contribution in [1.29, 1.82) is 0 Å². The molecule has 0 spiro atoms. The molecule has 2 amide bonds. The Hall–Kier alpha value is -2.73. The van der Waals surface area contributed by atoms with Crippen LogP contribution < -0.4 is 10.7 Å². The number of rotatable bonds is 3. The molecule has 0 aliphatic heterocycles. The first kappa shape index (κ1) is 15.7. The summed E-state index contributed by atoms with van der Waals surface area (Å²) in [6.07, 6.45) is 1.32. The van der Waals surface area contributed by atoms with Crippen LogP contribution in [0.25, 0.3) is 0 Å². The van der Waals surface area contributed by atoms with Gasteiger partial charge in [-0.25, -0.2) is 9.82 Å². The maximum Gasteiger partial charge on any atom is 0.329 e. The molecule has 0 radical (unpaired) electrons. The lowest BCUT2D eigenvalue weighted by atomic mass is 10.2. The highest BCUT2D eigenvalue weighted by Crippen LogP contribution is 2.12. The predicted molar refractivity (Wildman–Crippen MR) is 82.2 cm³/mol. The lowest BCUT2D eigenvalue weighted by molar-refractivity contribution is -0.136. The minimum atomic E-state index is -0.951. The van der Waals surface area contributed by atoms with Gasteiger partial charge in [-0.1, -0.05) is 29.8 Å². The first-order valence-electron chi connectivity index (χ1n) is 6.21. The summed E-state index contributed by atoms with van der Waals surface area (Å²) in [5.74, 6) is -2.30. The van der Waals surface area contributed by atoms with Gasteiger partial charge in [-0.3, -0.25) is 9.59 Å². The molecule has 0 fully saturated rings. The predicted octanol–water partition coefficient (Wildman–Crippen LogP) is 2.57.